The predicted molar refractivity (Wildman–Crippen MR) is 80.8 cm³/mol. The van der Waals surface area contributed by atoms with E-state index in [2.05, 4.69) is 0 Å². The van der Waals surface area contributed by atoms with Crippen molar-refractivity contribution >= 4 is 40.9 Å². The third-order valence-electron chi connectivity index (χ3n) is 3.03. The number of methoxy groups -OCH3 is 1. The van der Waals surface area contributed by atoms with E-state index in [1.807, 2.05) is 0 Å². The van der Waals surface area contributed by atoms with Crippen LogP contribution in [0.15, 0.2) is 17.8 Å². The quantitative estimate of drug-likeness (QED) is 0.669. The average molecular weight is 313 g/mol. The van der Waals surface area contributed by atoms with Crippen LogP contribution in [0.1, 0.15) is 5.56 Å². The molecule has 106 valence electrons. The van der Waals surface area contributed by atoms with Gasteiger partial charge in [-0.25, -0.2) is 0 Å². The number of likely N-dealkylation sites (N-methyl/N-ethyl adjacent to an activating group) is 2. The summed E-state index contributed by atoms with van der Waals surface area (Å²) in [5.74, 6) is -0.0795. The maximum absolute atomic E-state index is 12.1. The molecule has 5 nitrogen and oxygen atoms in total. The molecule has 1 N–H and O–H groups in total. The molecular formula is C13H13ClN2O3S. The SMILES string of the molecule is COc1cc(/C=C2/C(=O)N(C)C(=S)N2C)cc(Cl)c1O. The molecule has 20 heavy (non-hydrogen) atoms. The van der Waals surface area contributed by atoms with Crippen LogP contribution in [0.5, 0.6) is 11.5 Å². The Kier molecular flexibility index (Phi) is 3.87. The van der Waals surface area contributed by atoms with Crippen LogP contribution in [-0.2, 0) is 4.79 Å². The van der Waals surface area contributed by atoms with Gasteiger partial charge in [-0.3, -0.25) is 9.69 Å². The number of benzene rings is 1. The molecule has 1 aliphatic heterocycles. The predicted octanol–water partition coefficient (Wildman–Crippen LogP) is 2.08. The van der Waals surface area contributed by atoms with Crippen molar-refractivity contribution in [3.05, 3.63) is 28.4 Å². The lowest BCUT2D eigenvalue weighted by Gasteiger charge is -2.11. The molecule has 0 radical (unpaired) electrons. The van der Waals surface area contributed by atoms with Crippen LogP contribution in [-0.4, -0.2) is 47.1 Å². The zero-order valence-corrected chi connectivity index (χ0v) is 12.7. The molecule has 0 saturated carbocycles. The number of thiocarbonyl (C=S) groups is 1. The van der Waals surface area contributed by atoms with Crippen LogP contribution in [0, 0.1) is 0 Å². The summed E-state index contributed by atoms with van der Waals surface area (Å²) < 4.78 is 5.03. The largest absolute Gasteiger partial charge is 0.503 e. The van der Waals surface area contributed by atoms with Gasteiger partial charge >= 0.3 is 0 Å². The molecule has 1 aromatic rings. The van der Waals surface area contributed by atoms with E-state index in [4.69, 9.17) is 28.6 Å². The highest BCUT2D eigenvalue weighted by Crippen LogP contribution is 2.36. The van der Waals surface area contributed by atoms with Crippen LogP contribution in [0.25, 0.3) is 6.08 Å². The Balaban J connectivity index is 2.48. The molecule has 0 aromatic heterocycles. The van der Waals surface area contributed by atoms with Gasteiger partial charge in [-0.1, -0.05) is 11.6 Å². The zero-order chi connectivity index (χ0) is 15.0. The van der Waals surface area contributed by atoms with Gasteiger partial charge < -0.3 is 14.7 Å². The second-order valence-corrected chi connectivity index (χ2v) is 5.06. The molecule has 0 atom stereocenters. The molecule has 0 spiro atoms. The van der Waals surface area contributed by atoms with Crippen molar-refractivity contribution in [1.82, 2.24) is 9.80 Å². The van der Waals surface area contributed by atoms with E-state index in [1.165, 1.54) is 12.0 Å². The number of nitrogens with zero attached hydrogens (tertiary/aromatic N) is 2. The first-order chi connectivity index (χ1) is 9.36. The maximum atomic E-state index is 12.1. The van der Waals surface area contributed by atoms with E-state index in [0.29, 0.717) is 16.4 Å². The maximum Gasteiger partial charge on any atom is 0.276 e. The van der Waals surface area contributed by atoms with Crippen molar-refractivity contribution in [2.75, 3.05) is 21.2 Å². The molecule has 0 bridgehead atoms. The Morgan fingerprint density at radius 3 is 2.50 bits per heavy atom. The topological polar surface area (TPSA) is 53.0 Å². The van der Waals surface area contributed by atoms with Crippen molar-refractivity contribution in [3.8, 4) is 11.5 Å². The number of carbonyl (C=O) groups is 1. The highest BCUT2D eigenvalue weighted by molar-refractivity contribution is 7.80. The number of phenols is 1. The van der Waals surface area contributed by atoms with Crippen LogP contribution in [0.2, 0.25) is 5.02 Å². The summed E-state index contributed by atoms with van der Waals surface area (Å²) in [4.78, 5) is 15.1. The van der Waals surface area contributed by atoms with E-state index >= 15 is 0 Å². The van der Waals surface area contributed by atoms with Crippen molar-refractivity contribution in [1.29, 1.82) is 0 Å². The fraction of sp³-hybridized carbons (Fsp3) is 0.231. The summed E-state index contributed by atoms with van der Waals surface area (Å²) in [5.41, 5.74) is 1.07. The van der Waals surface area contributed by atoms with Crippen LogP contribution in [0.4, 0.5) is 0 Å². The lowest BCUT2D eigenvalue weighted by atomic mass is 10.1. The minimum Gasteiger partial charge on any atom is -0.503 e. The normalized spacial score (nSPS) is 17.3. The number of amides is 1. The molecule has 1 aromatic carbocycles. The number of phenolic OH excluding ortho intramolecular Hbond substituents is 1. The third kappa shape index (κ3) is 2.32. The highest BCUT2D eigenvalue weighted by Gasteiger charge is 2.32. The molecule has 1 aliphatic rings. The summed E-state index contributed by atoms with van der Waals surface area (Å²) in [6.45, 7) is 0. The number of aromatic hydroxyl groups is 1. The fourth-order valence-corrected chi connectivity index (χ4v) is 2.28. The smallest absolute Gasteiger partial charge is 0.276 e. The number of halogens is 1. The summed E-state index contributed by atoms with van der Waals surface area (Å²) in [6.07, 6.45) is 1.64. The molecule has 1 amide bonds. The van der Waals surface area contributed by atoms with Gasteiger partial charge in [-0.15, -0.1) is 0 Å². The van der Waals surface area contributed by atoms with E-state index in [-0.39, 0.29) is 22.4 Å². The Hall–Kier alpha value is -1.79. The molecule has 0 aliphatic carbocycles. The first kappa shape index (κ1) is 14.6. The van der Waals surface area contributed by atoms with Gasteiger partial charge in [0.25, 0.3) is 5.91 Å². The first-order valence-corrected chi connectivity index (χ1v) is 6.49. The van der Waals surface area contributed by atoms with E-state index in [9.17, 15) is 9.90 Å². The van der Waals surface area contributed by atoms with Gasteiger partial charge in [0.15, 0.2) is 16.6 Å². The summed E-state index contributed by atoms with van der Waals surface area (Å²) in [7, 11) is 4.76. The standard InChI is InChI=1S/C13H13ClN2O3S/c1-15-9(12(18)16(2)13(15)20)5-7-4-8(14)11(17)10(6-7)19-3/h4-6,17H,1-3H3/b9-5-. The van der Waals surface area contributed by atoms with Crippen molar-refractivity contribution in [2.45, 2.75) is 0 Å². The lowest BCUT2D eigenvalue weighted by molar-refractivity contribution is -0.121. The van der Waals surface area contributed by atoms with Gasteiger partial charge in [0.05, 0.1) is 12.1 Å². The van der Waals surface area contributed by atoms with Gasteiger partial charge in [-0.2, -0.15) is 0 Å². The van der Waals surface area contributed by atoms with Crippen molar-refractivity contribution < 1.29 is 14.6 Å². The third-order valence-corrected chi connectivity index (χ3v) is 3.87. The molecule has 7 heteroatoms. The zero-order valence-electron chi connectivity index (χ0n) is 11.2. The molecule has 2 rings (SSSR count). The van der Waals surface area contributed by atoms with Crippen molar-refractivity contribution in [2.24, 2.45) is 0 Å². The monoisotopic (exact) mass is 312 g/mol. The second kappa shape index (κ2) is 5.30. The lowest BCUT2D eigenvalue weighted by Crippen LogP contribution is -2.26. The summed E-state index contributed by atoms with van der Waals surface area (Å²) >= 11 is 11.0. The van der Waals surface area contributed by atoms with E-state index < -0.39 is 0 Å². The van der Waals surface area contributed by atoms with Gasteiger partial charge in [-0.05, 0) is 36.0 Å². The van der Waals surface area contributed by atoms with Crippen molar-refractivity contribution in [3.63, 3.8) is 0 Å². The minimum atomic E-state index is -0.194. The fourth-order valence-electron chi connectivity index (χ4n) is 1.88. The summed E-state index contributed by atoms with van der Waals surface area (Å²) in [5, 5.41) is 10.3. The number of carbonyl (C=O) groups excluding carboxylic acids is 1. The average Bonchev–Trinajstić information content (AvgIpc) is 2.60. The molecule has 1 saturated heterocycles. The summed E-state index contributed by atoms with van der Waals surface area (Å²) in [6, 6.07) is 3.14. The Morgan fingerprint density at radius 1 is 1.35 bits per heavy atom. The second-order valence-electron chi connectivity index (χ2n) is 4.29. The van der Waals surface area contributed by atoms with Gasteiger partial charge in [0.2, 0.25) is 0 Å². The molecule has 0 unspecified atom stereocenters. The van der Waals surface area contributed by atoms with E-state index in [0.717, 1.165) is 0 Å². The van der Waals surface area contributed by atoms with Gasteiger partial charge in [0, 0.05) is 14.1 Å². The Morgan fingerprint density at radius 2 is 2.00 bits per heavy atom. The Bertz CT molecular complexity index is 630. The number of hydrogen-bond acceptors (Lipinski definition) is 4. The van der Waals surface area contributed by atoms with E-state index in [1.54, 1.807) is 37.2 Å². The minimum absolute atomic E-state index is 0.130. The van der Waals surface area contributed by atoms with Crippen LogP contribution in [0.3, 0.4) is 0 Å². The first-order valence-electron chi connectivity index (χ1n) is 5.70. The molecule has 1 heterocycles. The van der Waals surface area contributed by atoms with Crippen LogP contribution < -0.4 is 4.74 Å². The number of ether oxygens (including phenoxy) is 1. The van der Waals surface area contributed by atoms with Crippen LogP contribution >= 0.6 is 23.8 Å². The highest BCUT2D eigenvalue weighted by atomic mass is 35.5. The number of rotatable bonds is 2. The number of hydrogen-bond donors (Lipinski definition) is 1. The van der Waals surface area contributed by atoms with Gasteiger partial charge in [0.1, 0.15) is 5.70 Å². The molecular weight excluding hydrogens is 300 g/mol. The molecule has 1 fully saturated rings. The Labute approximate surface area is 127 Å².